The van der Waals surface area contributed by atoms with E-state index in [0.717, 1.165) is 0 Å². The molecule has 2 N–H and O–H groups in total. The summed E-state index contributed by atoms with van der Waals surface area (Å²) in [5.41, 5.74) is 6.24. The molecule has 0 heterocycles. The second-order valence-corrected chi connectivity index (χ2v) is 5.77. The first-order valence-electron chi connectivity index (χ1n) is 6.59. The second-order valence-electron chi connectivity index (χ2n) is 5.77. The van der Waals surface area contributed by atoms with Gasteiger partial charge in [0.1, 0.15) is 0 Å². The lowest BCUT2D eigenvalue weighted by Gasteiger charge is -2.67. The number of nitrogen functional groups attached to an aromatic ring is 1. The fourth-order valence-electron chi connectivity index (χ4n) is 3.52. The molecule has 0 amide bonds. The summed E-state index contributed by atoms with van der Waals surface area (Å²) in [5.74, 6) is -0.0248. The third kappa shape index (κ3) is 1.59. The van der Waals surface area contributed by atoms with Crippen molar-refractivity contribution in [1.29, 1.82) is 0 Å². The molecular weight excluding hydrogens is 242 g/mol. The maximum absolute atomic E-state index is 12.5. The van der Waals surface area contributed by atoms with Gasteiger partial charge in [-0.2, -0.15) is 0 Å². The molecule has 4 nitrogen and oxygen atoms in total. The normalized spacial score (nSPS) is 31.0. The summed E-state index contributed by atoms with van der Waals surface area (Å²) in [6.45, 7) is 2.20. The molecule has 4 heteroatoms. The van der Waals surface area contributed by atoms with Crippen molar-refractivity contribution in [3.8, 4) is 0 Å². The molecule has 0 aliphatic heterocycles. The molecule has 0 spiro atoms. The molecule has 0 radical (unpaired) electrons. The van der Waals surface area contributed by atoms with Gasteiger partial charge in [-0.1, -0.05) is 12.1 Å². The van der Waals surface area contributed by atoms with E-state index in [1.807, 2.05) is 0 Å². The fourth-order valence-corrected chi connectivity index (χ4v) is 3.52. The van der Waals surface area contributed by atoms with E-state index >= 15 is 0 Å². The Hall–Kier alpha value is -1.84. The quantitative estimate of drug-likeness (QED) is 0.511. The average Bonchev–Trinajstić information content (AvgIpc) is 2.25. The van der Waals surface area contributed by atoms with Gasteiger partial charge < -0.3 is 10.5 Å². The van der Waals surface area contributed by atoms with Crippen molar-refractivity contribution in [2.45, 2.75) is 26.2 Å². The molecule has 100 valence electrons. The van der Waals surface area contributed by atoms with Crippen LogP contribution in [0.15, 0.2) is 24.3 Å². The molecule has 0 unspecified atom stereocenters. The Morgan fingerprint density at radius 3 is 2.53 bits per heavy atom. The van der Waals surface area contributed by atoms with Crippen LogP contribution >= 0.6 is 0 Å². The van der Waals surface area contributed by atoms with Crippen LogP contribution in [0.5, 0.6) is 0 Å². The number of nitrogens with two attached hydrogens (primary N) is 1. The molecule has 3 aliphatic rings. The lowest BCUT2D eigenvalue weighted by atomic mass is 9.33. The van der Waals surface area contributed by atoms with Crippen LogP contribution in [0, 0.1) is 10.8 Å². The minimum atomic E-state index is -0.369. The van der Waals surface area contributed by atoms with Gasteiger partial charge in [-0.05, 0) is 38.3 Å². The second kappa shape index (κ2) is 3.83. The summed E-state index contributed by atoms with van der Waals surface area (Å²) in [7, 11) is 0. The molecule has 4 rings (SSSR count). The number of hydrogen-bond donors (Lipinski definition) is 1. The van der Waals surface area contributed by atoms with Crippen molar-refractivity contribution < 1.29 is 14.3 Å². The Bertz CT molecular complexity index is 544. The van der Waals surface area contributed by atoms with Gasteiger partial charge in [0.25, 0.3) is 0 Å². The Labute approximate surface area is 111 Å². The zero-order chi connectivity index (χ0) is 13.7. The van der Waals surface area contributed by atoms with Gasteiger partial charge in [0, 0.05) is 16.7 Å². The fraction of sp³-hybridized carbons (Fsp3) is 0.467. The highest BCUT2D eigenvalue weighted by molar-refractivity contribution is 6.05. The molecule has 19 heavy (non-hydrogen) atoms. The van der Waals surface area contributed by atoms with Crippen LogP contribution in [-0.4, -0.2) is 18.4 Å². The smallest absolute Gasteiger partial charge is 0.312 e. The summed E-state index contributed by atoms with van der Waals surface area (Å²) in [6.07, 6.45) is 1.89. The van der Waals surface area contributed by atoms with E-state index in [1.165, 1.54) is 0 Å². The third-order valence-electron chi connectivity index (χ3n) is 4.37. The largest absolute Gasteiger partial charge is 0.466 e. The molecule has 3 aliphatic carbocycles. The van der Waals surface area contributed by atoms with Crippen molar-refractivity contribution >= 4 is 17.4 Å². The van der Waals surface area contributed by atoms with Crippen molar-refractivity contribution in [3.05, 3.63) is 29.8 Å². The summed E-state index contributed by atoms with van der Waals surface area (Å²) in [5, 5.41) is 0. The van der Waals surface area contributed by atoms with Crippen LogP contribution < -0.4 is 5.73 Å². The molecule has 0 saturated heterocycles. The minimum Gasteiger partial charge on any atom is -0.466 e. The number of anilines is 1. The molecule has 1 aromatic rings. The molecule has 2 bridgehead atoms. The Morgan fingerprint density at radius 2 is 1.95 bits per heavy atom. The van der Waals surface area contributed by atoms with Gasteiger partial charge in [-0.3, -0.25) is 9.59 Å². The van der Waals surface area contributed by atoms with Gasteiger partial charge >= 0.3 is 5.97 Å². The molecule has 0 aromatic heterocycles. The Kier molecular flexibility index (Phi) is 2.46. The Morgan fingerprint density at radius 1 is 1.26 bits per heavy atom. The highest BCUT2D eigenvalue weighted by Gasteiger charge is 2.75. The van der Waals surface area contributed by atoms with Crippen LogP contribution in [0.4, 0.5) is 5.69 Å². The van der Waals surface area contributed by atoms with E-state index in [4.69, 9.17) is 10.5 Å². The number of ether oxygens (including phenoxy) is 1. The van der Waals surface area contributed by atoms with Crippen LogP contribution in [-0.2, 0) is 9.53 Å². The number of benzene rings is 1. The van der Waals surface area contributed by atoms with E-state index in [0.29, 0.717) is 37.1 Å². The summed E-state index contributed by atoms with van der Waals surface area (Å²) >= 11 is 0. The van der Waals surface area contributed by atoms with Gasteiger partial charge in [0.2, 0.25) is 0 Å². The first-order chi connectivity index (χ1) is 9.01. The number of carbonyl (C=O) groups is 2. The summed E-state index contributed by atoms with van der Waals surface area (Å²) in [6, 6.07) is 7.05. The summed E-state index contributed by atoms with van der Waals surface area (Å²) < 4.78 is 5.07. The first-order valence-corrected chi connectivity index (χ1v) is 6.59. The highest BCUT2D eigenvalue weighted by Crippen LogP contribution is 2.74. The molecule has 3 fully saturated rings. The molecule has 3 saturated carbocycles. The number of ketones is 1. The van der Waals surface area contributed by atoms with Crippen LogP contribution in [0.1, 0.15) is 36.5 Å². The molecular formula is C15H17NO3. The van der Waals surface area contributed by atoms with E-state index in [2.05, 4.69) is 0 Å². The van der Waals surface area contributed by atoms with E-state index in [1.54, 1.807) is 31.2 Å². The number of rotatable bonds is 4. The molecule has 1 aromatic carbocycles. The van der Waals surface area contributed by atoms with Gasteiger partial charge in [-0.25, -0.2) is 0 Å². The number of esters is 1. The molecule has 0 atom stereocenters. The highest BCUT2D eigenvalue weighted by atomic mass is 16.5. The monoisotopic (exact) mass is 259 g/mol. The van der Waals surface area contributed by atoms with Crippen LogP contribution in [0.3, 0.4) is 0 Å². The predicted molar refractivity (Wildman–Crippen MR) is 70.5 cm³/mol. The van der Waals surface area contributed by atoms with Crippen molar-refractivity contribution in [2.75, 3.05) is 12.3 Å². The standard InChI is InChI=1S/C15H17NO3/c1-2-19-13(18)15-7-14(8-15,9-15)12(17)10-4-3-5-11(16)6-10/h3-6H,2,7-9,16H2,1H3/t14-,15-. The van der Waals surface area contributed by atoms with Crippen molar-refractivity contribution in [3.63, 3.8) is 0 Å². The topological polar surface area (TPSA) is 69.4 Å². The van der Waals surface area contributed by atoms with Gasteiger partial charge in [0.15, 0.2) is 5.78 Å². The number of hydrogen-bond acceptors (Lipinski definition) is 4. The Balaban J connectivity index is 1.72. The van der Waals surface area contributed by atoms with Crippen molar-refractivity contribution in [2.24, 2.45) is 10.8 Å². The first kappa shape index (κ1) is 12.2. The van der Waals surface area contributed by atoms with Gasteiger partial charge in [0.05, 0.1) is 12.0 Å². The third-order valence-corrected chi connectivity index (χ3v) is 4.37. The maximum Gasteiger partial charge on any atom is 0.312 e. The van der Waals surface area contributed by atoms with E-state index < -0.39 is 0 Å². The predicted octanol–water partition coefficient (Wildman–Crippen LogP) is 2.18. The average molecular weight is 259 g/mol. The zero-order valence-corrected chi connectivity index (χ0v) is 10.9. The van der Waals surface area contributed by atoms with Gasteiger partial charge in [-0.15, -0.1) is 0 Å². The minimum absolute atomic E-state index is 0.117. The number of carbonyl (C=O) groups excluding carboxylic acids is 2. The maximum atomic E-state index is 12.5. The van der Waals surface area contributed by atoms with Crippen LogP contribution in [0.25, 0.3) is 0 Å². The van der Waals surface area contributed by atoms with E-state index in [-0.39, 0.29) is 22.6 Å². The lowest BCUT2D eigenvalue weighted by Crippen LogP contribution is -2.68. The van der Waals surface area contributed by atoms with Crippen molar-refractivity contribution in [1.82, 2.24) is 0 Å². The SMILES string of the molecule is CCOC(=O)[C@]12C[C@@](C(=O)c3cccc(N)c3)(C1)C2. The zero-order valence-electron chi connectivity index (χ0n) is 10.9. The number of Topliss-reactive ketones (excluding diaryl/α,β-unsaturated/α-hetero) is 1. The van der Waals surface area contributed by atoms with Crippen LogP contribution in [0.2, 0.25) is 0 Å². The lowest BCUT2D eigenvalue weighted by molar-refractivity contribution is -0.209. The van der Waals surface area contributed by atoms with E-state index in [9.17, 15) is 9.59 Å². The summed E-state index contributed by atoms with van der Waals surface area (Å²) in [4.78, 5) is 24.2.